The Bertz CT molecular complexity index is 739. The maximum Gasteiger partial charge on any atom is 0.0938 e. The van der Waals surface area contributed by atoms with Crippen molar-refractivity contribution in [3.63, 3.8) is 0 Å². The van der Waals surface area contributed by atoms with Crippen LogP contribution in [-0.2, 0) is 0 Å². The summed E-state index contributed by atoms with van der Waals surface area (Å²) in [6, 6.07) is 0. The largest absolute Gasteiger partial charge is 0.512 e. The van der Waals surface area contributed by atoms with Crippen LogP contribution in [0.3, 0.4) is 0 Å². The molecule has 0 aliphatic heterocycles. The molecule has 0 heterocycles. The van der Waals surface area contributed by atoms with Gasteiger partial charge in [-0.15, -0.1) is 0 Å². The van der Waals surface area contributed by atoms with Gasteiger partial charge in [0.15, 0.2) is 0 Å². The second kappa shape index (κ2) is 6.68. The van der Waals surface area contributed by atoms with Crippen molar-refractivity contribution in [3.8, 4) is 11.8 Å². The Morgan fingerprint density at radius 1 is 1.15 bits per heavy atom. The van der Waals surface area contributed by atoms with Gasteiger partial charge in [-0.3, -0.25) is 4.90 Å². The van der Waals surface area contributed by atoms with Gasteiger partial charge in [0.1, 0.15) is 0 Å². The fourth-order valence-corrected chi connectivity index (χ4v) is 6.88. The van der Waals surface area contributed by atoms with Crippen molar-refractivity contribution in [1.82, 2.24) is 4.90 Å². The summed E-state index contributed by atoms with van der Waals surface area (Å²) in [6.45, 7) is 5.55. The third kappa shape index (κ3) is 2.97. The predicted molar refractivity (Wildman–Crippen MR) is 109 cm³/mol. The molecule has 2 N–H and O–H groups in total. The number of hydrogen-bond acceptors (Lipinski definition) is 3. The van der Waals surface area contributed by atoms with Gasteiger partial charge in [-0.2, -0.15) is 0 Å². The van der Waals surface area contributed by atoms with Crippen molar-refractivity contribution in [1.29, 1.82) is 0 Å². The minimum atomic E-state index is -0.131. The van der Waals surface area contributed by atoms with E-state index in [-0.39, 0.29) is 22.9 Å². The Morgan fingerprint density at radius 2 is 1.93 bits per heavy atom. The number of aliphatic hydroxyl groups is 2. The fourth-order valence-electron chi connectivity index (χ4n) is 6.88. The molecular formula is C24H35NO2. The minimum Gasteiger partial charge on any atom is -0.512 e. The lowest BCUT2D eigenvalue weighted by Gasteiger charge is -2.57. The van der Waals surface area contributed by atoms with Gasteiger partial charge in [-0.05, 0) is 86.9 Å². The summed E-state index contributed by atoms with van der Waals surface area (Å²) in [5.41, 5.74) is 3.23. The van der Waals surface area contributed by atoms with E-state index < -0.39 is 0 Å². The molecule has 27 heavy (non-hydrogen) atoms. The molecule has 0 spiro atoms. The predicted octanol–water partition coefficient (Wildman–Crippen LogP) is 4.30. The van der Waals surface area contributed by atoms with Gasteiger partial charge >= 0.3 is 0 Å². The van der Waals surface area contributed by atoms with E-state index in [0.29, 0.717) is 24.0 Å². The topological polar surface area (TPSA) is 43.7 Å². The van der Waals surface area contributed by atoms with Crippen LogP contribution in [0, 0.1) is 40.4 Å². The maximum absolute atomic E-state index is 10.7. The summed E-state index contributed by atoms with van der Waals surface area (Å²) in [7, 11) is 4.08. The first-order valence-electron chi connectivity index (χ1n) is 10.7. The normalized spacial score (nSPS) is 43.4. The monoisotopic (exact) mass is 369 g/mol. The SMILES string of the molecule is CN(C)CC#CC1C=C(O)CC2=C1[C@@]1(C)CC[C@]3(C)[C@@H](O)CC[C@H]3[C@@H]1CC2. The zero-order valence-corrected chi connectivity index (χ0v) is 17.4. The molecule has 4 aliphatic carbocycles. The number of rotatable bonds is 1. The van der Waals surface area contributed by atoms with Gasteiger partial charge in [-0.1, -0.05) is 31.3 Å². The van der Waals surface area contributed by atoms with Crippen LogP contribution in [0.15, 0.2) is 23.0 Å². The zero-order chi connectivity index (χ0) is 19.4. The van der Waals surface area contributed by atoms with E-state index in [4.69, 9.17) is 0 Å². The van der Waals surface area contributed by atoms with Crippen molar-refractivity contribution in [2.24, 2.45) is 28.6 Å². The summed E-state index contributed by atoms with van der Waals surface area (Å²) < 4.78 is 0. The summed E-state index contributed by atoms with van der Waals surface area (Å²) in [5, 5.41) is 21.0. The van der Waals surface area contributed by atoms with Crippen LogP contribution >= 0.6 is 0 Å². The highest BCUT2D eigenvalue weighted by molar-refractivity contribution is 5.43. The summed E-state index contributed by atoms with van der Waals surface area (Å²) in [4.78, 5) is 2.09. The molecule has 3 heteroatoms. The van der Waals surface area contributed by atoms with Crippen LogP contribution in [0.1, 0.15) is 58.8 Å². The average molecular weight is 370 g/mol. The number of fused-ring (bicyclic) bond motifs is 4. The molecule has 2 fully saturated rings. The molecule has 0 aromatic carbocycles. The molecule has 0 saturated heterocycles. The third-order valence-electron chi connectivity index (χ3n) is 8.32. The second-order valence-electron chi connectivity index (χ2n) is 10.2. The van der Waals surface area contributed by atoms with Gasteiger partial charge in [-0.25, -0.2) is 0 Å². The first-order chi connectivity index (χ1) is 12.8. The molecule has 148 valence electrons. The van der Waals surface area contributed by atoms with Gasteiger partial charge < -0.3 is 10.2 Å². The highest BCUT2D eigenvalue weighted by Gasteiger charge is 2.59. The Morgan fingerprint density at radius 3 is 2.67 bits per heavy atom. The van der Waals surface area contributed by atoms with Crippen molar-refractivity contribution in [2.45, 2.75) is 64.9 Å². The molecule has 0 aromatic heterocycles. The molecular weight excluding hydrogens is 334 g/mol. The van der Waals surface area contributed by atoms with E-state index in [1.165, 1.54) is 24.0 Å². The van der Waals surface area contributed by atoms with Crippen molar-refractivity contribution < 1.29 is 10.2 Å². The first-order valence-corrected chi connectivity index (χ1v) is 10.7. The molecule has 3 nitrogen and oxygen atoms in total. The number of nitrogens with zero attached hydrogens (tertiary/aromatic N) is 1. The molecule has 0 bridgehead atoms. The minimum absolute atomic E-state index is 0.0529. The molecule has 4 aliphatic rings. The quantitative estimate of drug-likeness (QED) is 0.535. The van der Waals surface area contributed by atoms with Crippen LogP contribution in [0.2, 0.25) is 0 Å². The van der Waals surface area contributed by atoms with E-state index in [2.05, 4.69) is 30.6 Å². The van der Waals surface area contributed by atoms with Crippen molar-refractivity contribution >= 4 is 0 Å². The Hall–Kier alpha value is -1.24. The van der Waals surface area contributed by atoms with E-state index >= 15 is 0 Å². The Kier molecular flexibility index (Phi) is 4.72. The molecule has 0 amide bonds. The lowest BCUT2D eigenvalue weighted by Crippen LogP contribution is -2.51. The average Bonchev–Trinajstić information content (AvgIpc) is 2.89. The summed E-state index contributed by atoms with van der Waals surface area (Å²) >= 11 is 0. The Labute approximate surface area is 164 Å². The molecule has 4 rings (SSSR count). The van der Waals surface area contributed by atoms with Crippen LogP contribution in [0.5, 0.6) is 0 Å². The highest BCUT2D eigenvalue weighted by atomic mass is 16.3. The van der Waals surface area contributed by atoms with Gasteiger partial charge in [0.2, 0.25) is 0 Å². The van der Waals surface area contributed by atoms with Crippen LogP contribution < -0.4 is 0 Å². The number of allylic oxidation sites excluding steroid dienone is 3. The molecule has 0 radical (unpaired) electrons. The summed E-state index contributed by atoms with van der Waals surface area (Å²) in [6.07, 6.45) is 9.26. The van der Waals surface area contributed by atoms with Crippen LogP contribution in [0.4, 0.5) is 0 Å². The highest BCUT2D eigenvalue weighted by Crippen LogP contribution is 2.66. The molecule has 2 saturated carbocycles. The second-order valence-corrected chi connectivity index (χ2v) is 10.2. The van der Waals surface area contributed by atoms with E-state index in [0.717, 1.165) is 32.2 Å². The number of aliphatic hydroxyl groups excluding tert-OH is 2. The van der Waals surface area contributed by atoms with Gasteiger partial charge in [0, 0.05) is 6.42 Å². The van der Waals surface area contributed by atoms with E-state index in [1.54, 1.807) is 0 Å². The van der Waals surface area contributed by atoms with Crippen LogP contribution in [0.25, 0.3) is 0 Å². The van der Waals surface area contributed by atoms with E-state index in [1.807, 2.05) is 20.2 Å². The van der Waals surface area contributed by atoms with Crippen molar-refractivity contribution in [3.05, 3.63) is 23.0 Å². The molecule has 6 atom stereocenters. The van der Waals surface area contributed by atoms with E-state index in [9.17, 15) is 10.2 Å². The maximum atomic E-state index is 10.7. The smallest absolute Gasteiger partial charge is 0.0938 e. The lowest BCUT2D eigenvalue weighted by atomic mass is 9.47. The first kappa shape index (κ1) is 19.1. The van der Waals surface area contributed by atoms with Gasteiger partial charge in [0.25, 0.3) is 0 Å². The zero-order valence-electron chi connectivity index (χ0n) is 17.4. The summed E-state index contributed by atoms with van der Waals surface area (Å²) in [5.74, 6) is 8.62. The standard InChI is InChI=1S/C24H35NO2/c1-23-11-12-24(2)20(19(23)9-10-21(23)27)8-7-17-15-18(26)14-16(22(17)24)6-5-13-25(3)4/h14,16,19-21,26-27H,7-13,15H2,1-4H3/t16?,19-,20-,21-,23-,24-/m0/s1. The molecule has 0 aromatic rings. The Balaban J connectivity index is 1.70. The molecule has 1 unspecified atom stereocenters. The van der Waals surface area contributed by atoms with Gasteiger partial charge in [0.05, 0.1) is 24.3 Å². The van der Waals surface area contributed by atoms with Crippen molar-refractivity contribution in [2.75, 3.05) is 20.6 Å². The lowest BCUT2D eigenvalue weighted by molar-refractivity contribution is -0.0624. The fraction of sp³-hybridized carbons (Fsp3) is 0.750. The van der Waals surface area contributed by atoms with Crippen LogP contribution in [-0.4, -0.2) is 41.9 Å². The number of hydrogen-bond donors (Lipinski definition) is 2. The third-order valence-corrected chi connectivity index (χ3v) is 8.32.